The first-order chi connectivity index (χ1) is 17.4. The zero-order chi connectivity index (χ0) is 28.4. The van der Waals surface area contributed by atoms with Crippen LogP contribution in [0.3, 0.4) is 0 Å². The molecule has 0 aromatic carbocycles. The van der Waals surface area contributed by atoms with E-state index in [1.165, 1.54) is 38.7 Å². The van der Waals surface area contributed by atoms with Gasteiger partial charge in [0.2, 0.25) is 11.8 Å². The zero-order valence-electron chi connectivity index (χ0n) is 22.5. The first kappa shape index (κ1) is 38.6. The second kappa shape index (κ2) is 22.3. The van der Waals surface area contributed by atoms with Crippen LogP contribution in [0, 0.1) is 39.9 Å². The second-order valence-corrected chi connectivity index (χ2v) is 8.49. The zero-order valence-corrected chi connectivity index (χ0v) is 24.7. The van der Waals surface area contributed by atoms with Crippen LogP contribution in [0.5, 0.6) is 0 Å². The van der Waals surface area contributed by atoms with Crippen LogP contribution in [-0.4, -0.2) is 183 Å². The topological polar surface area (TPSA) is 181 Å². The number of carbonyl (C=O) groups excluding carboxylic acids is 2. The number of methoxy groups -OCH3 is 2. The number of hydrogen-bond acceptors (Lipinski definition) is 10. The minimum absolute atomic E-state index is 0. The van der Waals surface area contributed by atoms with Gasteiger partial charge in [-0.2, -0.15) is 0 Å². The Morgan fingerprint density at radius 1 is 0.526 bits per heavy atom. The maximum Gasteiger partial charge on any atom is 3.00 e. The number of carboxylic acid groups (broad SMARTS) is 3. The molecule has 0 bridgehead atoms. The third-order valence-corrected chi connectivity index (χ3v) is 5.37. The molecule has 38 heavy (non-hydrogen) atoms. The van der Waals surface area contributed by atoms with E-state index in [-0.39, 0.29) is 97.6 Å². The average molecular weight is 693 g/mol. The van der Waals surface area contributed by atoms with Gasteiger partial charge in [-0.05, 0) is 0 Å². The van der Waals surface area contributed by atoms with Gasteiger partial charge in [0.05, 0.1) is 45.9 Å². The summed E-state index contributed by atoms with van der Waals surface area (Å²) in [6.07, 6.45) is 0. The Hall–Kier alpha value is -1.53. The standard InChI is InChI=1S/C22H41N5O10.Gd/c1-23(9-11-36-3)18(28)13-26(16-21(32)33)7-5-25(15-20(30)31)6-8-27(17-22(34)35)14-19(29)24(2)10-12-37-4;/h5-17H2,1-4H3,(H,30,31)(H,32,33)(H,34,35);/q;+3. The molecule has 0 saturated heterocycles. The minimum atomic E-state index is -1.14. The van der Waals surface area contributed by atoms with Crippen molar-refractivity contribution in [3.8, 4) is 0 Å². The van der Waals surface area contributed by atoms with Gasteiger partial charge in [-0.15, -0.1) is 0 Å². The molecule has 16 heteroatoms. The molecular formula is C22H41GdN5O10+3. The molecular weight excluding hydrogens is 652 g/mol. The molecule has 0 heterocycles. The van der Waals surface area contributed by atoms with E-state index in [0.29, 0.717) is 26.3 Å². The Kier molecular flexibility index (Phi) is 22.7. The van der Waals surface area contributed by atoms with Gasteiger partial charge < -0.3 is 34.6 Å². The molecule has 0 spiro atoms. The second-order valence-electron chi connectivity index (χ2n) is 8.49. The van der Waals surface area contributed by atoms with Crippen LogP contribution in [0.4, 0.5) is 0 Å². The predicted octanol–water partition coefficient (Wildman–Crippen LogP) is -2.64. The molecule has 0 fully saturated rings. The molecule has 1 radical (unpaired) electrons. The number of ether oxygens (including phenoxy) is 2. The van der Waals surface area contributed by atoms with Crippen LogP contribution in [0.25, 0.3) is 0 Å². The Bertz CT molecular complexity index is 693. The summed E-state index contributed by atoms with van der Waals surface area (Å²) in [4.78, 5) is 66.0. The van der Waals surface area contributed by atoms with Gasteiger partial charge in [0.1, 0.15) is 0 Å². The van der Waals surface area contributed by atoms with E-state index in [1.54, 1.807) is 14.1 Å². The van der Waals surface area contributed by atoms with Crippen LogP contribution in [0.15, 0.2) is 0 Å². The summed E-state index contributed by atoms with van der Waals surface area (Å²) in [7, 11) is 6.14. The van der Waals surface area contributed by atoms with Crippen molar-refractivity contribution < 1.29 is 88.7 Å². The quantitative estimate of drug-likeness (QED) is 0.107. The average Bonchev–Trinajstić information content (AvgIpc) is 2.80. The van der Waals surface area contributed by atoms with Crippen molar-refractivity contribution in [1.29, 1.82) is 0 Å². The van der Waals surface area contributed by atoms with Crippen LogP contribution < -0.4 is 0 Å². The fourth-order valence-corrected chi connectivity index (χ4v) is 3.17. The maximum atomic E-state index is 12.4. The SMILES string of the molecule is COCCN(C)C(=O)CN(CCN(CCN(CC(=O)O)CC(=O)N(C)CCOC)CC(=O)O)CC(=O)O.[Gd+3]. The minimum Gasteiger partial charge on any atom is -0.480 e. The Balaban J connectivity index is 0. The van der Waals surface area contributed by atoms with E-state index >= 15 is 0 Å². The molecule has 0 aliphatic carbocycles. The molecule has 2 amide bonds. The van der Waals surface area contributed by atoms with Crippen LogP contribution in [0.1, 0.15) is 0 Å². The summed E-state index contributed by atoms with van der Waals surface area (Å²) < 4.78 is 9.88. The number of likely N-dealkylation sites (N-methyl/N-ethyl adjacent to an activating group) is 2. The van der Waals surface area contributed by atoms with Crippen LogP contribution >= 0.6 is 0 Å². The molecule has 219 valence electrons. The first-order valence-electron chi connectivity index (χ1n) is 11.7. The number of carbonyl (C=O) groups is 5. The van der Waals surface area contributed by atoms with Gasteiger partial charge in [0.15, 0.2) is 0 Å². The summed E-state index contributed by atoms with van der Waals surface area (Å²) in [6, 6.07) is 0. The first-order valence-corrected chi connectivity index (χ1v) is 11.7. The number of hydrogen-bond donors (Lipinski definition) is 3. The number of aliphatic carboxylic acids is 3. The van der Waals surface area contributed by atoms with Gasteiger partial charge in [-0.25, -0.2) is 0 Å². The Morgan fingerprint density at radius 2 is 0.816 bits per heavy atom. The predicted molar refractivity (Wildman–Crippen MR) is 131 cm³/mol. The van der Waals surface area contributed by atoms with Gasteiger partial charge in [0, 0.05) is 67.6 Å². The number of amides is 2. The number of carboxylic acids is 3. The molecule has 0 aliphatic heterocycles. The molecule has 0 unspecified atom stereocenters. The Labute approximate surface area is 255 Å². The van der Waals surface area contributed by atoms with E-state index in [0.717, 1.165) is 0 Å². The normalized spacial score (nSPS) is 10.9. The van der Waals surface area contributed by atoms with E-state index in [2.05, 4.69) is 0 Å². The van der Waals surface area contributed by atoms with Crippen LogP contribution in [-0.2, 0) is 33.4 Å². The third-order valence-electron chi connectivity index (χ3n) is 5.37. The Morgan fingerprint density at radius 3 is 1.11 bits per heavy atom. The van der Waals surface area contributed by atoms with Gasteiger partial charge in [-0.1, -0.05) is 0 Å². The molecule has 0 rings (SSSR count). The van der Waals surface area contributed by atoms with Gasteiger partial charge in [-0.3, -0.25) is 38.7 Å². The van der Waals surface area contributed by atoms with E-state index in [9.17, 15) is 39.3 Å². The van der Waals surface area contributed by atoms with Crippen molar-refractivity contribution in [2.24, 2.45) is 0 Å². The van der Waals surface area contributed by atoms with E-state index in [4.69, 9.17) is 9.47 Å². The van der Waals surface area contributed by atoms with Crippen molar-refractivity contribution in [3.05, 3.63) is 0 Å². The monoisotopic (exact) mass is 693 g/mol. The third kappa shape index (κ3) is 19.5. The maximum absolute atomic E-state index is 12.4. The molecule has 0 aliphatic rings. The molecule has 0 aromatic rings. The van der Waals surface area contributed by atoms with E-state index < -0.39 is 31.0 Å². The van der Waals surface area contributed by atoms with Crippen molar-refractivity contribution in [1.82, 2.24) is 24.5 Å². The molecule has 0 saturated carbocycles. The summed E-state index contributed by atoms with van der Waals surface area (Å²) in [5, 5.41) is 27.8. The molecule has 15 nitrogen and oxygen atoms in total. The number of nitrogens with zero attached hydrogens (tertiary/aromatic N) is 5. The summed E-state index contributed by atoms with van der Waals surface area (Å²) in [5.41, 5.74) is 0. The summed E-state index contributed by atoms with van der Waals surface area (Å²) in [5.74, 6) is -4.03. The van der Waals surface area contributed by atoms with E-state index in [1.807, 2.05) is 0 Å². The molecule has 0 atom stereocenters. The van der Waals surface area contributed by atoms with Crippen LogP contribution in [0.2, 0.25) is 0 Å². The summed E-state index contributed by atoms with van der Waals surface area (Å²) >= 11 is 0. The van der Waals surface area contributed by atoms with Crippen molar-refractivity contribution in [3.63, 3.8) is 0 Å². The van der Waals surface area contributed by atoms with Crippen molar-refractivity contribution in [2.45, 2.75) is 0 Å². The largest absolute Gasteiger partial charge is 3.00 e. The number of rotatable bonds is 22. The fourth-order valence-electron chi connectivity index (χ4n) is 3.17. The fraction of sp³-hybridized carbons (Fsp3) is 0.773. The smallest absolute Gasteiger partial charge is 0.480 e. The molecule has 0 aromatic heterocycles. The van der Waals surface area contributed by atoms with Gasteiger partial charge in [0.25, 0.3) is 0 Å². The summed E-state index contributed by atoms with van der Waals surface area (Å²) in [6.45, 7) is 0.122. The van der Waals surface area contributed by atoms with Gasteiger partial charge >= 0.3 is 57.8 Å². The van der Waals surface area contributed by atoms with Crippen molar-refractivity contribution >= 4 is 29.7 Å². The van der Waals surface area contributed by atoms with Crippen molar-refractivity contribution in [2.75, 3.05) is 114 Å². The molecule has 3 N–H and O–H groups in total.